The number of fused-ring (bicyclic) bond motifs is 1. The fraction of sp³-hybridized carbons (Fsp3) is 0.167. The van der Waals surface area contributed by atoms with Crippen molar-refractivity contribution in [2.75, 3.05) is 0 Å². The maximum atomic E-state index is 6.01. The molecule has 0 fully saturated rings. The summed E-state index contributed by atoms with van der Waals surface area (Å²) in [6.07, 6.45) is 0.921. The summed E-state index contributed by atoms with van der Waals surface area (Å²) >= 11 is 11.9. The van der Waals surface area contributed by atoms with E-state index in [-0.39, 0.29) is 0 Å². The summed E-state index contributed by atoms with van der Waals surface area (Å²) in [5, 5.41) is 12.6. The minimum atomic E-state index is 0.508. The van der Waals surface area contributed by atoms with Gasteiger partial charge in [-0.15, -0.1) is 10.2 Å². The van der Waals surface area contributed by atoms with Gasteiger partial charge in [0, 0.05) is 17.3 Å². The molecule has 3 rings (SSSR count). The second kappa shape index (κ2) is 4.30. The minimum absolute atomic E-state index is 0.508. The third kappa shape index (κ3) is 1.78. The van der Waals surface area contributed by atoms with Crippen molar-refractivity contribution >= 4 is 28.8 Å². The van der Waals surface area contributed by atoms with Crippen LogP contribution in [0.15, 0.2) is 24.3 Å². The van der Waals surface area contributed by atoms with Gasteiger partial charge in [-0.3, -0.25) is 5.10 Å². The Hall–Kier alpha value is -1.52. The van der Waals surface area contributed by atoms with Crippen molar-refractivity contribution in [1.82, 2.24) is 19.8 Å². The van der Waals surface area contributed by atoms with Crippen LogP contribution in [-0.4, -0.2) is 19.8 Å². The quantitative estimate of drug-likeness (QED) is 0.780. The lowest BCUT2D eigenvalue weighted by Crippen LogP contribution is -1.91. The van der Waals surface area contributed by atoms with E-state index in [9.17, 15) is 0 Å². The summed E-state index contributed by atoms with van der Waals surface area (Å²) < 4.78 is 1.85. The minimum Gasteiger partial charge on any atom is -0.295 e. The molecule has 3 aromatic rings. The summed E-state index contributed by atoms with van der Waals surface area (Å²) in [4.78, 5) is 0. The Bertz CT molecular complexity index is 714. The van der Waals surface area contributed by atoms with E-state index in [2.05, 4.69) is 22.2 Å². The summed E-state index contributed by atoms with van der Waals surface area (Å²) in [5.41, 5.74) is 2.79. The number of H-pyrrole nitrogens is 1. The summed E-state index contributed by atoms with van der Waals surface area (Å²) in [5.74, 6) is 0.725. The van der Waals surface area contributed by atoms with E-state index >= 15 is 0 Å². The lowest BCUT2D eigenvalue weighted by Gasteiger charge is -2.00. The highest BCUT2D eigenvalue weighted by Gasteiger charge is 2.11. The average Bonchev–Trinajstić information content (AvgIpc) is 2.92. The van der Waals surface area contributed by atoms with Crippen LogP contribution in [0, 0.1) is 0 Å². The monoisotopic (exact) mass is 280 g/mol. The first-order chi connectivity index (χ1) is 8.69. The fourth-order valence-corrected chi connectivity index (χ4v) is 2.13. The molecule has 0 aliphatic carbocycles. The number of aryl methyl sites for hydroxylation is 1. The summed E-state index contributed by atoms with van der Waals surface area (Å²) in [6, 6.07) is 7.39. The van der Waals surface area contributed by atoms with E-state index in [1.807, 2.05) is 16.6 Å². The van der Waals surface area contributed by atoms with Gasteiger partial charge < -0.3 is 0 Å². The Kier molecular flexibility index (Phi) is 2.76. The first-order valence-corrected chi connectivity index (χ1v) is 6.33. The molecule has 0 radical (unpaired) electrons. The number of hydrogen-bond acceptors (Lipinski definition) is 2. The zero-order valence-corrected chi connectivity index (χ0v) is 11.1. The molecule has 0 spiro atoms. The first kappa shape index (κ1) is 11.6. The van der Waals surface area contributed by atoms with Gasteiger partial charge in [-0.25, -0.2) is 4.52 Å². The average molecular weight is 281 g/mol. The Labute approximate surface area is 114 Å². The molecule has 0 atom stereocenters. The van der Waals surface area contributed by atoms with Crippen LogP contribution in [0.3, 0.4) is 0 Å². The molecule has 4 nitrogen and oxygen atoms in total. The van der Waals surface area contributed by atoms with E-state index in [1.165, 1.54) is 0 Å². The van der Waals surface area contributed by atoms with Gasteiger partial charge in [0.2, 0.25) is 0 Å². The molecule has 2 heterocycles. The molecule has 2 aromatic heterocycles. The van der Waals surface area contributed by atoms with Gasteiger partial charge in [0.15, 0.2) is 11.5 Å². The molecular formula is C12H10Cl2N4. The molecule has 1 N–H and O–H groups in total. The molecule has 0 bridgehead atoms. The molecular weight excluding hydrogens is 271 g/mol. The van der Waals surface area contributed by atoms with Gasteiger partial charge in [0.25, 0.3) is 0 Å². The second-order valence-electron chi connectivity index (χ2n) is 3.98. The van der Waals surface area contributed by atoms with E-state index in [0.717, 1.165) is 29.1 Å². The molecule has 6 heteroatoms. The van der Waals surface area contributed by atoms with Gasteiger partial charge in [0.1, 0.15) is 0 Å². The van der Waals surface area contributed by atoms with E-state index in [4.69, 9.17) is 23.2 Å². The fourth-order valence-electron chi connectivity index (χ4n) is 1.84. The Morgan fingerprint density at radius 3 is 2.72 bits per heavy atom. The van der Waals surface area contributed by atoms with Gasteiger partial charge in [-0.1, -0.05) is 30.1 Å². The Morgan fingerprint density at radius 1 is 1.17 bits per heavy atom. The summed E-state index contributed by atoms with van der Waals surface area (Å²) in [7, 11) is 0. The highest BCUT2D eigenvalue weighted by molar-refractivity contribution is 6.42. The lowest BCUT2D eigenvalue weighted by atomic mass is 10.2. The first-order valence-electron chi connectivity index (χ1n) is 5.57. The van der Waals surface area contributed by atoms with Crippen molar-refractivity contribution < 1.29 is 0 Å². The van der Waals surface area contributed by atoms with Crippen molar-refractivity contribution in [1.29, 1.82) is 0 Å². The largest absolute Gasteiger partial charge is 0.295 e. The zero-order chi connectivity index (χ0) is 12.7. The topological polar surface area (TPSA) is 46.0 Å². The van der Waals surface area contributed by atoms with Crippen LogP contribution in [0.25, 0.3) is 17.0 Å². The van der Waals surface area contributed by atoms with Crippen LogP contribution >= 0.6 is 23.2 Å². The SMILES string of the molecule is CCc1cc2nnc(-c3ccc(Cl)c(Cl)c3)n2[nH]1. The molecule has 0 saturated carbocycles. The van der Waals surface area contributed by atoms with E-state index in [1.54, 1.807) is 12.1 Å². The number of aromatic amines is 1. The maximum absolute atomic E-state index is 6.01. The van der Waals surface area contributed by atoms with Crippen LogP contribution in [0.5, 0.6) is 0 Å². The van der Waals surface area contributed by atoms with Crippen molar-refractivity contribution in [3.63, 3.8) is 0 Å². The smallest absolute Gasteiger partial charge is 0.183 e. The van der Waals surface area contributed by atoms with Crippen LogP contribution in [-0.2, 0) is 6.42 Å². The standard InChI is InChI=1S/C12H10Cl2N4/c1-2-8-6-11-15-16-12(18(11)17-8)7-3-4-9(13)10(14)5-7/h3-6,17H,2H2,1H3. The predicted molar refractivity (Wildman–Crippen MR) is 72.2 cm³/mol. The molecule has 0 aliphatic heterocycles. The van der Waals surface area contributed by atoms with Crippen molar-refractivity contribution in [3.8, 4) is 11.4 Å². The molecule has 0 saturated heterocycles. The number of rotatable bonds is 2. The zero-order valence-electron chi connectivity index (χ0n) is 9.61. The number of aromatic nitrogens is 4. The van der Waals surface area contributed by atoms with Gasteiger partial charge in [-0.05, 0) is 24.6 Å². The van der Waals surface area contributed by atoms with Crippen molar-refractivity contribution in [3.05, 3.63) is 40.0 Å². The number of nitrogens with one attached hydrogen (secondary N) is 1. The number of nitrogens with zero attached hydrogens (tertiary/aromatic N) is 3. The normalized spacial score (nSPS) is 11.3. The third-order valence-corrected chi connectivity index (χ3v) is 3.54. The summed E-state index contributed by atoms with van der Waals surface area (Å²) in [6.45, 7) is 2.08. The maximum Gasteiger partial charge on any atom is 0.183 e. The van der Waals surface area contributed by atoms with Gasteiger partial charge >= 0.3 is 0 Å². The highest BCUT2D eigenvalue weighted by atomic mass is 35.5. The van der Waals surface area contributed by atoms with Crippen molar-refractivity contribution in [2.24, 2.45) is 0 Å². The number of benzene rings is 1. The van der Waals surface area contributed by atoms with Crippen LogP contribution < -0.4 is 0 Å². The lowest BCUT2D eigenvalue weighted by molar-refractivity contribution is 0.901. The molecule has 0 aliphatic rings. The second-order valence-corrected chi connectivity index (χ2v) is 4.80. The van der Waals surface area contributed by atoms with Gasteiger partial charge in [0.05, 0.1) is 10.0 Å². The third-order valence-electron chi connectivity index (χ3n) is 2.81. The molecule has 1 aromatic carbocycles. The Balaban J connectivity index is 2.18. The molecule has 0 unspecified atom stereocenters. The number of hydrogen-bond donors (Lipinski definition) is 1. The predicted octanol–water partition coefficient (Wildman–Crippen LogP) is 3.59. The highest BCUT2D eigenvalue weighted by Crippen LogP contribution is 2.27. The Morgan fingerprint density at radius 2 is 2.00 bits per heavy atom. The molecule has 0 amide bonds. The van der Waals surface area contributed by atoms with E-state index in [0.29, 0.717) is 10.0 Å². The van der Waals surface area contributed by atoms with Gasteiger partial charge in [-0.2, -0.15) is 0 Å². The van der Waals surface area contributed by atoms with Crippen LogP contribution in [0.2, 0.25) is 10.0 Å². The number of halogens is 2. The van der Waals surface area contributed by atoms with Crippen LogP contribution in [0.1, 0.15) is 12.6 Å². The van der Waals surface area contributed by atoms with E-state index < -0.39 is 0 Å². The molecule has 18 heavy (non-hydrogen) atoms. The molecule has 92 valence electrons. The van der Waals surface area contributed by atoms with Crippen LogP contribution in [0.4, 0.5) is 0 Å². The van der Waals surface area contributed by atoms with Crippen molar-refractivity contribution in [2.45, 2.75) is 13.3 Å².